The zero-order chi connectivity index (χ0) is 21.4. The smallest absolute Gasteiger partial charge is 0.286 e. The summed E-state index contributed by atoms with van der Waals surface area (Å²) in [5.74, 6) is 0.470. The van der Waals surface area contributed by atoms with Crippen LogP contribution in [0.25, 0.3) is 0 Å². The minimum absolute atomic E-state index is 0.0627. The minimum atomic E-state index is -3.37. The average Bonchev–Trinajstić information content (AvgIpc) is 3.25. The monoisotopic (exact) mass is 424 g/mol. The molecule has 0 aliphatic rings. The summed E-state index contributed by atoms with van der Waals surface area (Å²) in [5, 5.41) is 11.7. The summed E-state index contributed by atoms with van der Waals surface area (Å²) in [6, 6.07) is 20.2. The average molecular weight is 424 g/mol. The van der Waals surface area contributed by atoms with Gasteiger partial charge in [-0.25, -0.2) is 8.42 Å². The van der Waals surface area contributed by atoms with Crippen molar-refractivity contribution < 1.29 is 22.4 Å². The van der Waals surface area contributed by atoms with E-state index in [1.165, 1.54) is 6.07 Å². The Morgan fingerprint density at radius 3 is 2.53 bits per heavy atom. The van der Waals surface area contributed by atoms with E-state index < -0.39 is 15.7 Å². The number of nitrogens with zero attached hydrogens (tertiary/aromatic N) is 1. The van der Waals surface area contributed by atoms with Crippen molar-refractivity contribution in [2.24, 2.45) is 0 Å². The third-order valence-corrected chi connectivity index (χ3v) is 6.06. The number of para-hydroxylation sites is 1. The fourth-order valence-electron chi connectivity index (χ4n) is 2.71. The molecule has 0 aliphatic heterocycles. The van der Waals surface area contributed by atoms with Gasteiger partial charge in [0.15, 0.2) is 15.6 Å². The lowest BCUT2D eigenvalue weighted by molar-refractivity contribution is 0.0922. The molecule has 154 valence electrons. The molecule has 30 heavy (non-hydrogen) atoms. The van der Waals surface area contributed by atoms with Crippen LogP contribution in [0.3, 0.4) is 0 Å². The van der Waals surface area contributed by atoms with Crippen molar-refractivity contribution in [3.05, 3.63) is 83.8 Å². The van der Waals surface area contributed by atoms with E-state index in [0.29, 0.717) is 17.1 Å². The molecule has 1 heterocycles. The maximum atomic E-state index is 12.2. The van der Waals surface area contributed by atoms with Gasteiger partial charge in [0.25, 0.3) is 5.91 Å². The number of carbonyl (C=O) groups is 1. The van der Waals surface area contributed by atoms with Gasteiger partial charge in [0, 0.05) is 6.54 Å². The first-order chi connectivity index (χ1) is 14.5. The van der Waals surface area contributed by atoms with Crippen molar-refractivity contribution in [3.8, 4) is 11.8 Å². The van der Waals surface area contributed by atoms with Gasteiger partial charge in [0.1, 0.15) is 24.2 Å². The van der Waals surface area contributed by atoms with Crippen LogP contribution in [0.5, 0.6) is 5.75 Å². The van der Waals surface area contributed by atoms with Gasteiger partial charge in [-0.2, -0.15) is 5.26 Å². The fraction of sp³-hybridized carbons (Fsp3) is 0.182. The van der Waals surface area contributed by atoms with E-state index in [0.717, 1.165) is 0 Å². The number of rotatable bonds is 9. The Hall–Kier alpha value is -3.57. The number of nitriles is 1. The molecule has 7 nitrogen and oxygen atoms in total. The van der Waals surface area contributed by atoms with E-state index in [-0.39, 0.29) is 36.0 Å². The Kier molecular flexibility index (Phi) is 6.88. The lowest BCUT2D eigenvalue weighted by Gasteiger charge is -2.06. The zero-order valence-electron chi connectivity index (χ0n) is 16.1. The molecule has 1 N–H and O–H groups in total. The standard InChI is InChI=1S/C22H20N2O5S/c23-15-17-7-4-5-10-20(17)28-16-18-11-12-21(29-18)22(25)24-13-6-14-30(26,27)19-8-2-1-3-9-19/h1-5,7-12H,6,13-14,16H2,(H,24,25). The van der Waals surface area contributed by atoms with Crippen LogP contribution in [0.1, 0.15) is 28.3 Å². The molecule has 8 heteroatoms. The van der Waals surface area contributed by atoms with Crippen molar-refractivity contribution in [1.82, 2.24) is 5.32 Å². The predicted octanol–water partition coefficient (Wildman–Crippen LogP) is 3.32. The molecule has 0 aliphatic carbocycles. The van der Waals surface area contributed by atoms with Gasteiger partial charge in [-0.15, -0.1) is 0 Å². The van der Waals surface area contributed by atoms with Crippen LogP contribution >= 0.6 is 0 Å². The topological polar surface area (TPSA) is 109 Å². The molecule has 0 saturated heterocycles. The number of hydrogen-bond donors (Lipinski definition) is 1. The molecule has 0 spiro atoms. The molecular formula is C22H20N2O5S. The number of sulfone groups is 1. The van der Waals surface area contributed by atoms with Crippen molar-refractivity contribution in [2.75, 3.05) is 12.3 Å². The van der Waals surface area contributed by atoms with Gasteiger partial charge in [-0.1, -0.05) is 30.3 Å². The van der Waals surface area contributed by atoms with Crippen molar-refractivity contribution in [3.63, 3.8) is 0 Å². The first-order valence-electron chi connectivity index (χ1n) is 9.26. The molecule has 0 fully saturated rings. The van der Waals surface area contributed by atoms with Crippen LogP contribution in [-0.2, 0) is 16.4 Å². The Balaban J connectivity index is 1.46. The molecule has 1 amide bonds. The SMILES string of the molecule is N#Cc1ccccc1OCc1ccc(C(=O)NCCCS(=O)(=O)c2ccccc2)o1. The van der Waals surface area contributed by atoms with Gasteiger partial charge in [0.05, 0.1) is 16.2 Å². The Morgan fingerprint density at radius 2 is 1.77 bits per heavy atom. The normalized spacial score (nSPS) is 10.9. The maximum Gasteiger partial charge on any atom is 0.286 e. The summed E-state index contributed by atoms with van der Waals surface area (Å²) < 4.78 is 35.5. The van der Waals surface area contributed by atoms with Gasteiger partial charge < -0.3 is 14.5 Å². The van der Waals surface area contributed by atoms with E-state index in [1.807, 2.05) is 6.07 Å². The lowest BCUT2D eigenvalue weighted by atomic mass is 10.2. The second-order valence-electron chi connectivity index (χ2n) is 6.40. The van der Waals surface area contributed by atoms with Crippen molar-refractivity contribution in [1.29, 1.82) is 5.26 Å². The van der Waals surface area contributed by atoms with Gasteiger partial charge in [0.2, 0.25) is 0 Å². The highest BCUT2D eigenvalue weighted by Crippen LogP contribution is 2.19. The third kappa shape index (κ3) is 5.49. The Labute approximate surface area is 174 Å². The molecule has 0 atom stereocenters. The highest BCUT2D eigenvalue weighted by molar-refractivity contribution is 7.91. The van der Waals surface area contributed by atoms with Crippen LogP contribution in [0.2, 0.25) is 0 Å². The number of hydrogen-bond acceptors (Lipinski definition) is 6. The zero-order valence-corrected chi connectivity index (χ0v) is 16.9. The van der Waals surface area contributed by atoms with Crippen molar-refractivity contribution >= 4 is 15.7 Å². The summed E-state index contributed by atoms with van der Waals surface area (Å²) in [6.45, 7) is 0.272. The number of ether oxygens (including phenoxy) is 1. The number of carbonyl (C=O) groups excluding carboxylic acids is 1. The molecule has 0 radical (unpaired) electrons. The van der Waals surface area contributed by atoms with Crippen molar-refractivity contribution in [2.45, 2.75) is 17.9 Å². The molecule has 0 saturated carbocycles. The Bertz CT molecular complexity index is 1150. The van der Waals surface area contributed by atoms with E-state index in [2.05, 4.69) is 5.32 Å². The maximum absolute atomic E-state index is 12.2. The van der Waals surface area contributed by atoms with Crippen LogP contribution in [-0.4, -0.2) is 26.6 Å². The van der Waals surface area contributed by atoms with Crippen LogP contribution in [0, 0.1) is 11.3 Å². The van der Waals surface area contributed by atoms with Gasteiger partial charge >= 0.3 is 0 Å². The third-order valence-electron chi connectivity index (χ3n) is 4.24. The number of benzene rings is 2. The Morgan fingerprint density at radius 1 is 1.03 bits per heavy atom. The number of furan rings is 1. The summed E-state index contributed by atoms with van der Waals surface area (Å²) >= 11 is 0. The molecule has 2 aromatic carbocycles. The second-order valence-corrected chi connectivity index (χ2v) is 8.51. The molecular weight excluding hydrogens is 404 g/mol. The summed E-state index contributed by atoms with van der Waals surface area (Å²) in [6.07, 6.45) is 0.282. The lowest BCUT2D eigenvalue weighted by Crippen LogP contribution is -2.25. The highest BCUT2D eigenvalue weighted by atomic mass is 32.2. The van der Waals surface area contributed by atoms with Crippen LogP contribution in [0.4, 0.5) is 0 Å². The summed E-state index contributed by atoms with van der Waals surface area (Å²) in [5.41, 5.74) is 0.410. The quantitative estimate of drug-likeness (QED) is 0.528. The fourth-order valence-corrected chi connectivity index (χ4v) is 4.04. The van der Waals surface area contributed by atoms with E-state index in [4.69, 9.17) is 14.4 Å². The van der Waals surface area contributed by atoms with Crippen LogP contribution < -0.4 is 10.1 Å². The molecule has 0 unspecified atom stereocenters. The van der Waals surface area contributed by atoms with Crippen LogP contribution in [0.15, 0.2) is 76.0 Å². The largest absolute Gasteiger partial charge is 0.484 e. The van der Waals surface area contributed by atoms with E-state index >= 15 is 0 Å². The molecule has 3 rings (SSSR count). The predicted molar refractivity (Wildman–Crippen MR) is 110 cm³/mol. The molecule has 3 aromatic rings. The molecule has 0 bridgehead atoms. The number of nitrogens with one attached hydrogen (secondary N) is 1. The first kappa shape index (κ1) is 21.1. The summed E-state index contributed by atoms with van der Waals surface area (Å²) in [7, 11) is -3.37. The second kappa shape index (κ2) is 9.76. The first-order valence-corrected chi connectivity index (χ1v) is 10.9. The highest BCUT2D eigenvalue weighted by Gasteiger charge is 2.15. The number of amides is 1. The molecule has 1 aromatic heterocycles. The van der Waals surface area contributed by atoms with Gasteiger partial charge in [-0.3, -0.25) is 4.79 Å². The van der Waals surface area contributed by atoms with E-state index in [9.17, 15) is 13.2 Å². The van der Waals surface area contributed by atoms with Gasteiger partial charge in [-0.05, 0) is 42.8 Å². The van der Waals surface area contributed by atoms with E-state index in [1.54, 1.807) is 60.7 Å². The summed E-state index contributed by atoms with van der Waals surface area (Å²) in [4.78, 5) is 12.5. The minimum Gasteiger partial charge on any atom is -0.484 e.